The third-order valence-corrected chi connectivity index (χ3v) is 3.23. The summed E-state index contributed by atoms with van der Waals surface area (Å²) in [4.78, 5) is 4.11. The van der Waals surface area contributed by atoms with Crippen LogP contribution in [0.2, 0.25) is 0 Å². The van der Waals surface area contributed by atoms with Crippen molar-refractivity contribution in [2.24, 2.45) is 0 Å². The van der Waals surface area contributed by atoms with Crippen molar-refractivity contribution >= 4 is 6.01 Å². The van der Waals surface area contributed by atoms with Gasteiger partial charge >= 0.3 is 0 Å². The lowest BCUT2D eigenvalue weighted by Gasteiger charge is -2.15. The zero-order valence-corrected chi connectivity index (χ0v) is 11.4. The first-order valence-electron chi connectivity index (χ1n) is 5.83. The van der Waals surface area contributed by atoms with E-state index >= 15 is 0 Å². The SMILES string of the molecule is COc1c(C)c(C)cc(C)c1-c1oc(N)nc1C. The summed E-state index contributed by atoms with van der Waals surface area (Å²) in [6.45, 7) is 8.01. The molecular formula is C14H18N2O2. The summed E-state index contributed by atoms with van der Waals surface area (Å²) in [5, 5.41) is 0. The molecule has 0 spiro atoms. The highest BCUT2D eigenvalue weighted by Crippen LogP contribution is 2.39. The second-order valence-electron chi connectivity index (χ2n) is 4.51. The van der Waals surface area contributed by atoms with Crippen molar-refractivity contribution < 1.29 is 9.15 Å². The Morgan fingerprint density at radius 1 is 1.17 bits per heavy atom. The molecule has 4 nitrogen and oxygen atoms in total. The molecule has 0 aliphatic rings. The van der Waals surface area contributed by atoms with Gasteiger partial charge in [-0.25, -0.2) is 0 Å². The Labute approximate surface area is 107 Å². The standard InChI is InChI=1S/C14H18N2O2/c1-7-6-8(2)11(12(17-5)9(7)3)13-10(4)16-14(15)18-13/h6H,1-5H3,(H2,15,16). The molecule has 2 rings (SSSR count). The molecule has 0 radical (unpaired) electrons. The molecule has 0 bridgehead atoms. The molecule has 0 saturated carbocycles. The summed E-state index contributed by atoms with van der Waals surface area (Å²) < 4.78 is 11.0. The number of nitrogens with zero attached hydrogens (tertiary/aromatic N) is 1. The number of hydrogen-bond acceptors (Lipinski definition) is 4. The molecule has 0 unspecified atom stereocenters. The minimum absolute atomic E-state index is 0.183. The molecule has 1 heterocycles. The average Bonchev–Trinajstić information content (AvgIpc) is 2.62. The minimum Gasteiger partial charge on any atom is -0.496 e. The normalized spacial score (nSPS) is 10.7. The summed E-state index contributed by atoms with van der Waals surface area (Å²) in [5.74, 6) is 1.51. The molecule has 2 N–H and O–H groups in total. The number of ether oxygens (including phenoxy) is 1. The van der Waals surface area contributed by atoms with Gasteiger partial charge in [0.25, 0.3) is 6.01 Å². The summed E-state index contributed by atoms with van der Waals surface area (Å²) in [6, 6.07) is 2.30. The molecule has 0 aliphatic heterocycles. The molecule has 0 amide bonds. The monoisotopic (exact) mass is 246 g/mol. The molecule has 0 saturated heterocycles. The molecule has 18 heavy (non-hydrogen) atoms. The van der Waals surface area contributed by atoms with Crippen molar-refractivity contribution in [1.29, 1.82) is 0 Å². The number of aromatic nitrogens is 1. The van der Waals surface area contributed by atoms with Crippen LogP contribution in [-0.2, 0) is 0 Å². The number of benzene rings is 1. The van der Waals surface area contributed by atoms with Crippen LogP contribution in [0.5, 0.6) is 5.75 Å². The summed E-state index contributed by atoms with van der Waals surface area (Å²) in [6.07, 6.45) is 0. The van der Waals surface area contributed by atoms with Gasteiger partial charge in [0, 0.05) is 0 Å². The number of anilines is 1. The summed E-state index contributed by atoms with van der Waals surface area (Å²) in [5.41, 5.74) is 10.7. The fraction of sp³-hybridized carbons (Fsp3) is 0.357. The number of oxazole rings is 1. The van der Waals surface area contributed by atoms with E-state index in [1.54, 1.807) is 7.11 Å². The van der Waals surface area contributed by atoms with Crippen LogP contribution in [0.25, 0.3) is 11.3 Å². The molecule has 0 atom stereocenters. The van der Waals surface area contributed by atoms with Crippen molar-refractivity contribution in [2.75, 3.05) is 12.8 Å². The van der Waals surface area contributed by atoms with Gasteiger partial charge in [-0.1, -0.05) is 6.07 Å². The van der Waals surface area contributed by atoms with E-state index in [2.05, 4.69) is 18.0 Å². The van der Waals surface area contributed by atoms with Crippen LogP contribution in [0.3, 0.4) is 0 Å². The first-order valence-corrected chi connectivity index (χ1v) is 5.83. The Bertz CT molecular complexity index is 600. The number of nitrogen functional groups attached to an aromatic ring is 1. The Kier molecular flexibility index (Phi) is 3.03. The highest BCUT2D eigenvalue weighted by molar-refractivity contribution is 5.74. The van der Waals surface area contributed by atoms with Gasteiger partial charge in [0.2, 0.25) is 0 Å². The van der Waals surface area contributed by atoms with E-state index in [1.165, 1.54) is 5.56 Å². The highest BCUT2D eigenvalue weighted by Gasteiger charge is 2.20. The van der Waals surface area contributed by atoms with E-state index in [-0.39, 0.29) is 6.01 Å². The molecule has 4 heteroatoms. The quantitative estimate of drug-likeness (QED) is 0.884. The van der Waals surface area contributed by atoms with Gasteiger partial charge in [-0.05, 0) is 44.4 Å². The van der Waals surface area contributed by atoms with Crippen LogP contribution in [0.4, 0.5) is 6.01 Å². The molecule has 1 aromatic heterocycles. The lowest BCUT2D eigenvalue weighted by molar-refractivity contribution is 0.411. The third kappa shape index (κ3) is 1.83. The molecule has 0 aliphatic carbocycles. The second-order valence-corrected chi connectivity index (χ2v) is 4.51. The second kappa shape index (κ2) is 4.37. The molecule has 1 aromatic carbocycles. The van der Waals surface area contributed by atoms with E-state index in [0.29, 0.717) is 5.76 Å². The lowest BCUT2D eigenvalue weighted by Crippen LogP contribution is -1.97. The minimum atomic E-state index is 0.183. The Balaban J connectivity index is 2.78. The van der Waals surface area contributed by atoms with E-state index in [1.807, 2.05) is 20.8 Å². The van der Waals surface area contributed by atoms with Crippen molar-refractivity contribution in [1.82, 2.24) is 4.98 Å². The fourth-order valence-corrected chi connectivity index (χ4v) is 2.24. The number of hydrogen-bond donors (Lipinski definition) is 1. The Morgan fingerprint density at radius 3 is 2.33 bits per heavy atom. The smallest absolute Gasteiger partial charge is 0.292 e. The summed E-state index contributed by atoms with van der Waals surface area (Å²) >= 11 is 0. The van der Waals surface area contributed by atoms with E-state index < -0.39 is 0 Å². The van der Waals surface area contributed by atoms with E-state index in [9.17, 15) is 0 Å². The van der Waals surface area contributed by atoms with Crippen molar-refractivity contribution in [3.63, 3.8) is 0 Å². The van der Waals surface area contributed by atoms with Crippen LogP contribution in [0.15, 0.2) is 10.5 Å². The highest BCUT2D eigenvalue weighted by atomic mass is 16.5. The van der Waals surface area contributed by atoms with E-state index in [0.717, 1.165) is 28.1 Å². The maximum absolute atomic E-state index is 5.61. The predicted octanol–water partition coefficient (Wildman–Crippen LogP) is 3.17. The number of nitrogens with two attached hydrogens (primary N) is 1. The van der Waals surface area contributed by atoms with Crippen LogP contribution >= 0.6 is 0 Å². The average molecular weight is 246 g/mol. The molecule has 2 aromatic rings. The topological polar surface area (TPSA) is 61.3 Å². The van der Waals surface area contributed by atoms with Crippen molar-refractivity contribution in [2.45, 2.75) is 27.7 Å². The number of rotatable bonds is 2. The first-order chi connectivity index (χ1) is 8.45. The summed E-state index contributed by atoms with van der Waals surface area (Å²) in [7, 11) is 1.67. The molecule has 96 valence electrons. The van der Waals surface area contributed by atoms with Crippen LogP contribution in [0.1, 0.15) is 22.4 Å². The largest absolute Gasteiger partial charge is 0.496 e. The molecule has 0 fully saturated rings. The maximum atomic E-state index is 5.61. The zero-order valence-electron chi connectivity index (χ0n) is 11.4. The predicted molar refractivity (Wildman–Crippen MR) is 71.9 cm³/mol. The maximum Gasteiger partial charge on any atom is 0.292 e. The Hall–Kier alpha value is -1.97. The van der Waals surface area contributed by atoms with Gasteiger partial charge in [-0.2, -0.15) is 4.98 Å². The third-order valence-electron chi connectivity index (χ3n) is 3.23. The lowest BCUT2D eigenvalue weighted by atomic mass is 9.97. The van der Waals surface area contributed by atoms with Gasteiger partial charge in [0.15, 0.2) is 5.76 Å². The van der Waals surface area contributed by atoms with Gasteiger partial charge in [0.05, 0.1) is 18.4 Å². The molecular weight excluding hydrogens is 228 g/mol. The van der Waals surface area contributed by atoms with Gasteiger partial charge < -0.3 is 14.9 Å². The van der Waals surface area contributed by atoms with Crippen LogP contribution in [-0.4, -0.2) is 12.1 Å². The number of methoxy groups -OCH3 is 1. The Morgan fingerprint density at radius 2 is 1.83 bits per heavy atom. The van der Waals surface area contributed by atoms with Crippen molar-refractivity contribution in [3.8, 4) is 17.1 Å². The van der Waals surface area contributed by atoms with Gasteiger partial charge in [0.1, 0.15) is 5.75 Å². The number of aryl methyl sites for hydroxylation is 3. The van der Waals surface area contributed by atoms with Crippen molar-refractivity contribution in [3.05, 3.63) is 28.5 Å². The fourth-order valence-electron chi connectivity index (χ4n) is 2.24. The van der Waals surface area contributed by atoms with Crippen LogP contribution in [0, 0.1) is 27.7 Å². The van der Waals surface area contributed by atoms with Gasteiger partial charge in [-0.3, -0.25) is 0 Å². The zero-order chi connectivity index (χ0) is 13.4. The van der Waals surface area contributed by atoms with E-state index in [4.69, 9.17) is 14.9 Å². The van der Waals surface area contributed by atoms with Gasteiger partial charge in [-0.15, -0.1) is 0 Å². The van der Waals surface area contributed by atoms with Crippen LogP contribution < -0.4 is 10.5 Å². The first kappa shape index (κ1) is 12.5.